The van der Waals surface area contributed by atoms with Crippen molar-refractivity contribution in [3.8, 4) is 11.4 Å². The van der Waals surface area contributed by atoms with E-state index in [-0.39, 0.29) is 55.6 Å². The topological polar surface area (TPSA) is 125 Å². The van der Waals surface area contributed by atoms with Gasteiger partial charge in [0.15, 0.2) is 5.69 Å². The number of halogens is 4. The molecule has 43 heavy (non-hydrogen) atoms. The van der Waals surface area contributed by atoms with Crippen molar-refractivity contribution < 1.29 is 78.2 Å². The molecule has 0 saturated carbocycles. The number of carboxylic acids is 1. The number of ether oxygens (including phenoxy) is 1. The summed E-state index contributed by atoms with van der Waals surface area (Å²) in [6.45, 7) is 3.55. The molecule has 2 atom stereocenters. The molecule has 14 heteroatoms. The monoisotopic (exact) mass is 617 g/mol. The number of carboxylic acid groups (broad SMARTS) is 1. The average molecular weight is 618 g/mol. The molecule has 0 saturated heterocycles. The largest absolute Gasteiger partial charge is 1.00 e. The van der Waals surface area contributed by atoms with Crippen LogP contribution in [0.4, 0.5) is 17.6 Å². The van der Waals surface area contributed by atoms with Gasteiger partial charge in [0, 0.05) is 25.6 Å². The summed E-state index contributed by atoms with van der Waals surface area (Å²) in [6.07, 6.45) is -5.38. The predicted octanol–water partition coefficient (Wildman–Crippen LogP) is 2.02. The first kappa shape index (κ1) is 36.0. The standard InChI is InChI=1S/C29H31F4N3O6.Na.H/c1-17(2)26-24(12-11-21(37)14-22(38)15-25(39)40)36(20-9-7-19(30)8-10-20)34-27(26)28(41)35(3)16-18-5-4-6-23(13-18)42-29(31,32)33;;/h4-13,17,21-22,37-38H,14-16H2,1-3H3,(H,39,40);;/q;+1;-1/b12-11+;;/t21-,22+;;/m0../s1. The van der Waals surface area contributed by atoms with Gasteiger partial charge in [-0.25, -0.2) is 9.07 Å². The first-order valence-electron chi connectivity index (χ1n) is 12.9. The van der Waals surface area contributed by atoms with Crippen LogP contribution in [0.25, 0.3) is 11.8 Å². The Balaban J connectivity index is 0.00000484. The number of alkyl halides is 3. The van der Waals surface area contributed by atoms with Gasteiger partial charge in [-0.1, -0.05) is 32.1 Å². The first-order valence-corrected chi connectivity index (χ1v) is 12.9. The minimum Gasteiger partial charge on any atom is -1.00 e. The minimum atomic E-state index is -4.87. The van der Waals surface area contributed by atoms with E-state index >= 15 is 0 Å². The number of aliphatic hydroxyl groups excluding tert-OH is 2. The molecular formula is C29H32F4N3NaO6. The van der Waals surface area contributed by atoms with Gasteiger partial charge in [0.25, 0.3) is 5.91 Å². The van der Waals surface area contributed by atoms with Crippen molar-refractivity contribution in [1.82, 2.24) is 14.7 Å². The molecule has 0 aliphatic carbocycles. The van der Waals surface area contributed by atoms with E-state index in [4.69, 9.17) is 5.11 Å². The van der Waals surface area contributed by atoms with Crippen molar-refractivity contribution in [2.45, 2.75) is 57.7 Å². The Bertz CT molecular complexity index is 1430. The van der Waals surface area contributed by atoms with E-state index in [1.165, 1.54) is 65.2 Å². The Morgan fingerprint density at radius 2 is 1.79 bits per heavy atom. The minimum absolute atomic E-state index is 0. The fourth-order valence-electron chi connectivity index (χ4n) is 4.32. The van der Waals surface area contributed by atoms with E-state index in [1.807, 2.05) is 13.8 Å². The van der Waals surface area contributed by atoms with E-state index in [0.29, 0.717) is 22.5 Å². The number of hydrogen-bond donors (Lipinski definition) is 3. The number of benzene rings is 2. The van der Waals surface area contributed by atoms with E-state index in [9.17, 15) is 37.4 Å². The van der Waals surface area contributed by atoms with Crippen LogP contribution in [-0.2, 0) is 11.3 Å². The second kappa shape index (κ2) is 15.5. The van der Waals surface area contributed by atoms with Gasteiger partial charge in [0.1, 0.15) is 11.6 Å². The molecule has 1 aromatic heterocycles. The van der Waals surface area contributed by atoms with Crippen LogP contribution in [0, 0.1) is 5.82 Å². The van der Waals surface area contributed by atoms with Gasteiger partial charge < -0.3 is 26.4 Å². The van der Waals surface area contributed by atoms with Crippen molar-refractivity contribution in [2.75, 3.05) is 7.05 Å². The van der Waals surface area contributed by atoms with Gasteiger partial charge in [-0.05, 0) is 54.0 Å². The van der Waals surface area contributed by atoms with Crippen LogP contribution in [-0.4, -0.2) is 67.5 Å². The van der Waals surface area contributed by atoms with E-state index in [2.05, 4.69) is 9.84 Å². The summed E-state index contributed by atoms with van der Waals surface area (Å²) < 4.78 is 57.0. The third-order valence-corrected chi connectivity index (χ3v) is 6.11. The van der Waals surface area contributed by atoms with Crippen molar-refractivity contribution in [3.05, 3.63) is 82.9 Å². The Hall–Kier alpha value is -3.23. The van der Waals surface area contributed by atoms with Gasteiger partial charge in [0.05, 0.1) is 30.0 Å². The van der Waals surface area contributed by atoms with Gasteiger partial charge >= 0.3 is 41.9 Å². The fourth-order valence-corrected chi connectivity index (χ4v) is 4.32. The number of hydrogen-bond acceptors (Lipinski definition) is 6. The van der Waals surface area contributed by atoms with Crippen molar-refractivity contribution in [3.63, 3.8) is 0 Å². The molecule has 0 fully saturated rings. The summed E-state index contributed by atoms with van der Waals surface area (Å²) in [5, 5.41) is 33.6. The smallest absolute Gasteiger partial charge is 1.00 e. The quantitative estimate of drug-likeness (QED) is 0.210. The number of rotatable bonds is 12. The van der Waals surface area contributed by atoms with Crippen molar-refractivity contribution in [2.24, 2.45) is 0 Å². The maximum atomic E-state index is 13.7. The van der Waals surface area contributed by atoms with Crippen LogP contribution in [0.5, 0.6) is 5.75 Å². The third kappa shape index (κ3) is 10.5. The molecule has 3 aromatic rings. The van der Waals surface area contributed by atoms with Crippen LogP contribution in [0.1, 0.15) is 61.3 Å². The van der Waals surface area contributed by atoms with Crippen LogP contribution in [0.15, 0.2) is 54.6 Å². The molecule has 0 radical (unpaired) electrons. The number of carbonyl (C=O) groups excluding carboxylic acids is 1. The van der Waals surface area contributed by atoms with Crippen LogP contribution < -0.4 is 34.3 Å². The molecule has 0 bridgehead atoms. The summed E-state index contributed by atoms with van der Waals surface area (Å²) >= 11 is 0. The molecule has 0 spiro atoms. The first-order chi connectivity index (χ1) is 19.6. The number of aliphatic carboxylic acids is 1. The molecule has 3 rings (SSSR count). The van der Waals surface area contributed by atoms with E-state index in [1.54, 1.807) is 6.07 Å². The van der Waals surface area contributed by atoms with Gasteiger partial charge in [-0.15, -0.1) is 13.2 Å². The second-order valence-electron chi connectivity index (χ2n) is 9.96. The number of carbonyl (C=O) groups is 2. The van der Waals surface area contributed by atoms with Crippen molar-refractivity contribution in [1.29, 1.82) is 0 Å². The molecule has 1 heterocycles. The molecule has 228 valence electrons. The number of amides is 1. The molecule has 0 unspecified atom stereocenters. The number of nitrogens with zero attached hydrogens (tertiary/aromatic N) is 3. The zero-order valence-electron chi connectivity index (χ0n) is 25.0. The van der Waals surface area contributed by atoms with Gasteiger partial charge in [-0.2, -0.15) is 5.10 Å². The molecule has 9 nitrogen and oxygen atoms in total. The number of aliphatic hydroxyl groups is 2. The summed E-state index contributed by atoms with van der Waals surface area (Å²) in [5.74, 6) is -2.98. The molecule has 3 N–H and O–H groups in total. The summed E-state index contributed by atoms with van der Waals surface area (Å²) in [5.41, 5.74) is 1.65. The summed E-state index contributed by atoms with van der Waals surface area (Å²) in [4.78, 5) is 25.8. The van der Waals surface area contributed by atoms with Crippen LogP contribution in [0.2, 0.25) is 0 Å². The van der Waals surface area contributed by atoms with Gasteiger partial charge in [-0.3, -0.25) is 9.59 Å². The van der Waals surface area contributed by atoms with E-state index < -0.39 is 48.4 Å². The van der Waals surface area contributed by atoms with Crippen LogP contribution >= 0.6 is 0 Å². The Labute approximate surface area is 269 Å². The SMILES string of the molecule is CC(C)c1c(C(=O)N(C)Cc2cccc(OC(F)(F)F)c2)nn(-c2ccc(F)cc2)c1/C=C/[C@H](O)C[C@@H](O)CC(=O)O.[H-].[Na+]. The molecule has 0 aliphatic heterocycles. The Morgan fingerprint density at radius 3 is 2.37 bits per heavy atom. The second-order valence-corrected chi connectivity index (χ2v) is 9.96. The zero-order valence-corrected chi connectivity index (χ0v) is 26.0. The maximum Gasteiger partial charge on any atom is 1.00 e. The normalized spacial score (nSPS) is 13.1. The maximum absolute atomic E-state index is 13.7. The molecule has 2 aromatic carbocycles. The molecule has 0 aliphatic rings. The van der Waals surface area contributed by atoms with E-state index in [0.717, 1.165) is 6.07 Å². The van der Waals surface area contributed by atoms with Crippen LogP contribution in [0.3, 0.4) is 0 Å². The zero-order chi connectivity index (χ0) is 31.2. The summed E-state index contributed by atoms with van der Waals surface area (Å²) in [6, 6.07) is 10.5. The third-order valence-electron chi connectivity index (χ3n) is 6.11. The van der Waals surface area contributed by atoms with Gasteiger partial charge in [0.2, 0.25) is 0 Å². The summed E-state index contributed by atoms with van der Waals surface area (Å²) in [7, 11) is 1.46. The number of aromatic nitrogens is 2. The molecular weight excluding hydrogens is 585 g/mol. The Morgan fingerprint density at radius 1 is 1.14 bits per heavy atom. The van der Waals surface area contributed by atoms with Crippen molar-refractivity contribution >= 4 is 18.0 Å². The molecule has 1 amide bonds. The average Bonchev–Trinajstić information content (AvgIpc) is 3.25. The predicted molar refractivity (Wildman–Crippen MR) is 146 cm³/mol. The fraction of sp³-hybridized carbons (Fsp3) is 0.345. The Kier molecular flexibility index (Phi) is 12.9.